The first-order valence-corrected chi connectivity index (χ1v) is 8.19. The van der Waals surface area contributed by atoms with Crippen LogP contribution in [0.5, 0.6) is 0 Å². The zero-order valence-electron chi connectivity index (χ0n) is 11.4. The molecule has 2 aromatic carbocycles. The summed E-state index contributed by atoms with van der Waals surface area (Å²) in [5.74, 6) is 0.883. The molecule has 0 aliphatic heterocycles. The van der Waals surface area contributed by atoms with Crippen LogP contribution in [-0.2, 0) is 0 Å². The van der Waals surface area contributed by atoms with Crippen molar-refractivity contribution in [1.29, 1.82) is 0 Å². The molecule has 0 radical (unpaired) electrons. The fraction of sp³-hybridized carbons (Fsp3) is 0.188. The van der Waals surface area contributed by atoms with Crippen molar-refractivity contribution >= 4 is 39.3 Å². The molecule has 0 heterocycles. The summed E-state index contributed by atoms with van der Waals surface area (Å²) in [4.78, 5) is 13.4. The van der Waals surface area contributed by atoms with Crippen LogP contribution >= 0.6 is 27.7 Å². The number of aryl methyl sites for hydroxylation is 1. The van der Waals surface area contributed by atoms with Crippen molar-refractivity contribution in [1.82, 2.24) is 0 Å². The number of anilines is 1. The number of hydrogen-bond donors (Lipinski definition) is 1. The van der Waals surface area contributed by atoms with E-state index in [1.807, 2.05) is 49.4 Å². The molecule has 4 heteroatoms. The van der Waals surface area contributed by atoms with Gasteiger partial charge in [-0.1, -0.05) is 35.0 Å². The summed E-state index contributed by atoms with van der Waals surface area (Å²) in [6.07, 6.45) is 0. The number of carbonyl (C=O) groups excluding carboxylic acids is 1. The largest absolute Gasteiger partial charge is 0.322 e. The van der Waals surface area contributed by atoms with Gasteiger partial charge in [0.15, 0.2) is 0 Å². The molecule has 0 aliphatic rings. The van der Waals surface area contributed by atoms with Gasteiger partial charge in [-0.25, -0.2) is 0 Å². The summed E-state index contributed by atoms with van der Waals surface area (Å²) in [6, 6.07) is 13.5. The van der Waals surface area contributed by atoms with Crippen molar-refractivity contribution in [2.75, 3.05) is 11.1 Å². The lowest BCUT2D eigenvalue weighted by Crippen LogP contribution is -2.13. The number of carbonyl (C=O) groups is 1. The summed E-state index contributed by atoms with van der Waals surface area (Å²) in [5.41, 5.74) is 2.60. The van der Waals surface area contributed by atoms with E-state index in [0.717, 1.165) is 31.9 Å². The van der Waals surface area contributed by atoms with Crippen molar-refractivity contribution in [3.63, 3.8) is 0 Å². The molecule has 0 saturated heterocycles. The van der Waals surface area contributed by atoms with E-state index in [1.165, 1.54) is 0 Å². The second-order valence-corrected chi connectivity index (χ2v) is 6.56. The highest BCUT2D eigenvalue weighted by atomic mass is 79.9. The Bertz CT molecular complexity index is 628. The molecule has 0 unspecified atom stereocenters. The average molecular weight is 350 g/mol. The number of halogens is 1. The number of thioether (sulfide) groups is 1. The minimum absolute atomic E-state index is 0.0630. The molecule has 104 valence electrons. The quantitative estimate of drug-likeness (QED) is 0.776. The lowest BCUT2D eigenvalue weighted by molar-refractivity contribution is 0.102. The Morgan fingerprint density at radius 1 is 1.25 bits per heavy atom. The highest BCUT2D eigenvalue weighted by Gasteiger charge is 2.12. The maximum atomic E-state index is 12.4. The Balaban J connectivity index is 2.24. The predicted molar refractivity (Wildman–Crippen MR) is 89.7 cm³/mol. The van der Waals surface area contributed by atoms with Crippen LogP contribution in [0.3, 0.4) is 0 Å². The van der Waals surface area contributed by atoms with E-state index in [1.54, 1.807) is 11.8 Å². The number of amides is 1. The molecular weight excluding hydrogens is 334 g/mol. The average Bonchev–Trinajstić information content (AvgIpc) is 2.43. The van der Waals surface area contributed by atoms with Gasteiger partial charge in [0.2, 0.25) is 0 Å². The highest BCUT2D eigenvalue weighted by molar-refractivity contribution is 9.10. The normalized spacial score (nSPS) is 10.3. The van der Waals surface area contributed by atoms with Crippen LogP contribution in [0.1, 0.15) is 22.8 Å². The zero-order chi connectivity index (χ0) is 14.5. The summed E-state index contributed by atoms with van der Waals surface area (Å²) in [7, 11) is 0. The Morgan fingerprint density at radius 3 is 2.70 bits per heavy atom. The second kappa shape index (κ2) is 6.95. The third-order valence-corrected chi connectivity index (χ3v) is 4.32. The maximum Gasteiger partial charge on any atom is 0.256 e. The fourth-order valence-electron chi connectivity index (χ4n) is 1.89. The van der Waals surface area contributed by atoms with E-state index < -0.39 is 0 Å². The zero-order valence-corrected chi connectivity index (χ0v) is 13.8. The Kier molecular flexibility index (Phi) is 5.26. The smallest absolute Gasteiger partial charge is 0.256 e. The molecule has 0 fully saturated rings. The van der Waals surface area contributed by atoms with Gasteiger partial charge in [0.05, 0.1) is 5.56 Å². The molecule has 1 amide bonds. The molecule has 0 aliphatic carbocycles. The third-order valence-electron chi connectivity index (χ3n) is 2.87. The van der Waals surface area contributed by atoms with E-state index in [9.17, 15) is 4.79 Å². The SMILES string of the molecule is CCSc1ccccc1C(=O)Nc1ccc(Br)cc1C. The van der Waals surface area contributed by atoms with Gasteiger partial charge in [-0.15, -0.1) is 11.8 Å². The van der Waals surface area contributed by atoms with Crippen molar-refractivity contribution < 1.29 is 4.79 Å². The van der Waals surface area contributed by atoms with Gasteiger partial charge in [0, 0.05) is 15.1 Å². The standard InChI is InChI=1S/C16H16BrNOS/c1-3-20-15-7-5-4-6-13(15)16(19)18-14-9-8-12(17)10-11(14)2/h4-10H,3H2,1-2H3,(H,18,19). The molecule has 0 atom stereocenters. The monoisotopic (exact) mass is 349 g/mol. The van der Waals surface area contributed by atoms with Crippen molar-refractivity contribution in [3.05, 3.63) is 58.1 Å². The van der Waals surface area contributed by atoms with Gasteiger partial charge < -0.3 is 5.32 Å². The summed E-state index contributed by atoms with van der Waals surface area (Å²) in [6.45, 7) is 4.06. The second-order valence-electron chi connectivity index (χ2n) is 4.34. The van der Waals surface area contributed by atoms with Crippen molar-refractivity contribution in [3.8, 4) is 0 Å². The number of rotatable bonds is 4. The Hall–Kier alpha value is -1.26. The molecule has 0 bridgehead atoms. The lowest BCUT2D eigenvalue weighted by Gasteiger charge is -2.11. The summed E-state index contributed by atoms with van der Waals surface area (Å²) >= 11 is 5.10. The molecule has 0 spiro atoms. The minimum atomic E-state index is -0.0630. The molecular formula is C16H16BrNOS. The Morgan fingerprint density at radius 2 is 2.00 bits per heavy atom. The summed E-state index contributed by atoms with van der Waals surface area (Å²) in [5, 5.41) is 2.98. The first kappa shape index (κ1) is 15.1. The topological polar surface area (TPSA) is 29.1 Å². The first-order valence-electron chi connectivity index (χ1n) is 6.41. The van der Waals surface area contributed by atoms with Crippen LogP contribution in [0.15, 0.2) is 51.8 Å². The number of nitrogens with one attached hydrogen (secondary N) is 1. The maximum absolute atomic E-state index is 12.4. The van der Waals surface area contributed by atoms with Crippen LogP contribution in [-0.4, -0.2) is 11.7 Å². The van der Waals surface area contributed by atoms with Crippen molar-refractivity contribution in [2.45, 2.75) is 18.7 Å². The molecule has 2 aromatic rings. The number of benzene rings is 2. The van der Waals surface area contributed by atoms with E-state index in [2.05, 4.69) is 28.2 Å². The Labute approximate surface area is 132 Å². The van der Waals surface area contributed by atoms with Crippen LogP contribution in [0.4, 0.5) is 5.69 Å². The van der Waals surface area contributed by atoms with Crippen LogP contribution in [0.25, 0.3) is 0 Å². The van der Waals surface area contributed by atoms with Gasteiger partial charge in [-0.2, -0.15) is 0 Å². The minimum Gasteiger partial charge on any atom is -0.322 e. The van der Waals surface area contributed by atoms with Crippen LogP contribution in [0.2, 0.25) is 0 Å². The summed E-state index contributed by atoms with van der Waals surface area (Å²) < 4.78 is 1.01. The molecule has 0 saturated carbocycles. The van der Waals surface area contributed by atoms with Crippen molar-refractivity contribution in [2.24, 2.45) is 0 Å². The van der Waals surface area contributed by atoms with Crippen LogP contribution in [0, 0.1) is 6.92 Å². The van der Waals surface area contributed by atoms with E-state index in [4.69, 9.17) is 0 Å². The molecule has 1 N–H and O–H groups in total. The predicted octanol–water partition coefficient (Wildman–Crippen LogP) is 5.12. The van der Waals surface area contributed by atoms with Gasteiger partial charge in [0.1, 0.15) is 0 Å². The molecule has 2 rings (SSSR count). The molecule has 20 heavy (non-hydrogen) atoms. The van der Waals surface area contributed by atoms with E-state index >= 15 is 0 Å². The highest BCUT2D eigenvalue weighted by Crippen LogP contribution is 2.25. The van der Waals surface area contributed by atoms with Gasteiger partial charge in [0.25, 0.3) is 5.91 Å². The number of hydrogen-bond acceptors (Lipinski definition) is 2. The van der Waals surface area contributed by atoms with Gasteiger partial charge in [-0.3, -0.25) is 4.79 Å². The fourth-order valence-corrected chi connectivity index (χ4v) is 3.17. The van der Waals surface area contributed by atoms with Crippen LogP contribution < -0.4 is 5.32 Å². The third kappa shape index (κ3) is 3.64. The van der Waals surface area contributed by atoms with Gasteiger partial charge >= 0.3 is 0 Å². The lowest BCUT2D eigenvalue weighted by atomic mass is 10.1. The van der Waals surface area contributed by atoms with Gasteiger partial charge in [-0.05, 0) is 48.6 Å². The van der Waals surface area contributed by atoms with E-state index in [-0.39, 0.29) is 5.91 Å². The van der Waals surface area contributed by atoms with E-state index in [0.29, 0.717) is 0 Å². The molecule has 2 nitrogen and oxygen atoms in total. The first-order chi connectivity index (χ1) is 9.61. The molecule has 0 aromatic heterocycles.